The van der Waals surface area contributed by atoms with Crippen molar-refractivity contribution in [3.05, 3.63) is 35.6 Å². The zero-order valence-corrected chi connectivity index (χ0v) is 8.46. The van der Waals surface area contributed by atoms with E-state index in [1.807, 2.05) is 12.1 Å². The molecule has 1 fully saturated rings. The van der Waals surface area contributed by atoms with Crippen molar-refractivity contribution in [3.63, 3.8) is 0 Å². The molecule has 1 N–H and O–H groups in total. The van der Waals surface area contributed by atoms with Crippen LogP contribution in [0.3, 0.4) is 0 Å². The molecule has 0 unspecified atom stereocenters. The van der Waals surface area contributed by atoms with Crippen molar-refractivity contribution >= 4 is 0 Å². The Bertz CT molecular complexity index is 288. The summed E-state index contributed by atoms with van der Waals surface area (Å²) in [5.74, 6) is 0.715. The molecule has 0 saturated heterocycles. The third-order valence-electron chi connectivity index (χ3n) is 2.88. The number of benzene rings is 1. The Morgan fingerprint density at radius 2 is 1.93 bits per heavy atom. The molecule has 0 heterocycles. The van der Waals surface area contributed by atoms with E-state index < -0.39 is 0 Å². The Morgan fingerprint density at radius 3 is 2.50 bits per heavy atom. The maximum absolute atomic E-state index is 12.6. The van der Waals surface area contributed by atoms with Crippen molar-refractivity contribution in [2.45, 2.75) is 32.4 Å². The molecule has 1 aliphatic rings. The van der Waals surface area contributed by atoms with E-state index in [0.717, 1.165) is 18.0 Å². The first-order chi connectivity index (χ1) is 6.74. The SMILES string of the molecule is CC1CC(NCc2ccc(F)cc2)C1. The van der Waals surface area contributed by atoms with Crippen LogP contribution in [0.1, 0.15) is 25.3 Å². The molecule has 0 radical (unpaired) electrons. The zero-order valence-electron chi connectivity index (χ0n) is 8.46. The summed E-state index contributed by atoms with van der Waals surface area (Å²) < 4.78 is 12.6. The molecule has 1 aliphatic carbocycles. The lowest BCUT2D eigenvalue weighted by atomic mass is 9.82. The number of nitrogens with one attached hydrogen (secondary N) is 1. The zero-order chi connectivity index (χ0) is 9.97. The molecular weight excluding hydrogens is 177 g/mol. The second-order valence-corrected chi connectivity index (χ2v) is 4.28. The van der Waals surface area contributed by atoms with Gasteiger partial charge in [0.15, 0.2) is 0 Å². The molecule has 14 heavy (non-hydrogen) atoms. The quantitative estimate of drug-likeness (QED) is 0.778. The molecule has 0 amide bonds. The molecule has 1 aromatic rings. The van der Waals surface area contributed by atoms with Crippen LogP contribution in [0.25, 0.3) is 0 Å². The molecule has 1 saturated carbocycles. The second kappa shape index (κ2) is 4.09. The maximum atomic E-state index is 12.6. The van der Waals surface area contributed by atoms with Crippen molar-refractivity contribution in [2.24, 2.45) is 5.92 Å². The highest BCUT2D eigenvalue weighted by Gasteiger charge is 2.24. The fourth-order valence-electron chi connectivity index (χ4n) is 1.93. The summed E-state index contributed by atoms with van der Waals surface area (Å²) in [6.45, 7) is 3.13. The van der Waals surface area contributed by atoms with Crippen molar-refractivity contribution in [3.8, 4) is 0 Å². The van der Waals surface area contributed by atoms with Crippen LogP contribution in [0.2, 0.25) is 0 Å². The van der Waals surface area contributed by atoms with E-state index in [9.17, 15) is 4.39 Å². The number of halogens is 1. The average Bonchev–Trinajstić information content (AvgIpc) is 2.13. The maximum Gasteiger partial charge on any atom is 0.123 e. The Morgan fingerprint density at radius 1 is 1.29 bits per heavy atom. The summed E-state index contributed by atoms with van der Waals surface area (Å²) in [5, 5.41) is 3.46. The molecule has 0 atom stereocenters. The van der Waals surface area contributed by atoms with Gasteiger partial charge in [-0.15, -0.1) is 0 Å². The second-order valence-electron chi connectivity index (χ2n) is 4.28. The molecular formula is C12H16FN. The monoisotopic (exact) mass is 193 g/mol. The van der Waals surface area contributed by atoms with Crippen LogP contribution in [-0.4, -0.2) is 6.04 Å². The summed E-state index contributed by atoms with van der Waals surface area (Å²) in [6.07, 6.45) is 2.56. The first-order valence-corrected chi connectivity index (χ1v) is 5.22. The van der Waals surface area contributed by atoms with E-state index in [0.29, 0.717) is 6.04 Å². The predicted octanol–water partition coefficient (Wildman–Crippen LogP) is 2.71. The van der Waals surface area contributed by atoms with Crippen LogP contribution in [0, 0.1) is 11.7 Å². The average molecular weight is 193 g/mol. The van der Waals surface area contributed by atoms with Gasteiger partial charge in [0, 0.05) is 12.6 Å². The Balaban J connectivity index is 1.78. The van der Waals surface area contributed by atoms with Crippen molar-refractivity contribution in [1.29, 1.82) is 0 Å². The topological polar surface area (TPSA) is 12.0 Å². The van der Waals surface area contributed by atoms with E-state index in [1.54, 1.807) is 0 Å². The number of rotatable bonds is 3. The first-order valence-electron chi connectivity index (χ1n) is 5.22. The predicted molar refractivity (Wildman–Crippen MR) is 55.4 cm³/mol. The van der Waals surface area contributed by atoms with Crippen LogP contribution in [-0.2, 0) is 6.54 Å². The van der Waals surface area contributed by atoms with Gasteiger partial charge >= 0.3 is 0 Å². The van der Waals surface area contributed by atoms with E-state index in [4.69, 9.17) is 0 Å². The summed E-state index contributed by atoms with van der Waals surface area (Å²) in [7, 11) is 0. The van der Waals surface area contributed by atoms with Gasteiger partial charge in [0.1, 0.15) is 5.82 Å². The Kier molecular flexibility index (Phi) is 2.82. The minimum absolute atomic E-state index is 0.161. The molecule has 1 nitrogen and oxygen atoms in total. The third-order valence-corrected chi connectivity index (χ3v) is 2.88. The van der Waals surface area contributed by atoms with Gasteiger partial charge in [0.2, 0.25) is 0 Å². The summed E-state index contributed by atoms with van der Waals surface area (Å²) >= 11 is 0. The molecule has 2 rings (SSSR count). The van der Waals surface area contributed by atoms with Crippen molar-refractivity contribution < 1.29 is 4.39 Å². The highest BCUT2D eigenvalue weighted by molar-refractivity contribution is 5.15. The van der Waals surface area contributed by atoms with Gasteiger partial charge in [-0.1, -0.05) is 19.1 Å². The summed E-state index contributed by atoms with van der Waals surface area (Å²) in [5.41, 5.74) is 1.16. The van der Waals surface area contributed by atoms with Gasteiger partial charge < -0.3 is 5.32 Å². The highest BCUT2D eigenvalue weighted by atomic mass is 19.1. The van der Waals surface area contributed by atoms with Crippen LogP contribution in [0.5, 0.6) is 0 Å². The fraction of sp³-hybridized carbons (Fsp3) is 0.500. The molecule has 0 spiro atoms. The standard InChI is InChI=1S/C12H16FN/c1-9-6-12(7-9)14-8-10-2-4-11(13)5-3-10/h2-5,9,12,14H,6-8H2,1H3. The largest absolute Gasteiger partial charge is 0.310 e. The van der Waals surface area contributed by atoms with Crippen molar-refractivity contribution in [1.82, 2.24) is 5.32 Å². The van der Waals surface area contributed by atoms with E-state index >= 15 is 0 Å². The summed E-state index contributed by atoms with van der Waals surface area (Å²) in [4.78, 5) is 0. The van der Waals surface area contributed by atoms with Gasteiger partial charge in [-0.2, -0.15) is 0 Å². The molecule has 0 aromatic heterocycles. The molecule has 0 bridgehead atoms. The Labute approximate surface area is 84.3 Å². The van der Waals surface area contributed by atoms with Crippen LogP contribution in [0.4, 0.5) is 4.39 Å². The fourth-order valence-corrected chi connectivity index (χ4v) is 1.93. The third kappa shape index (κ3) is 2.32. The van der Waals surface area contributed by atoms with E-state index in [-0.39, 0.29) is 5.82 Å². The van der Waals surface area contributed by atoms with Gasteiger partial charge in [0.05, 0.1) is 0 Å². The normalized spacial score (nSPS) is 25.9. The molecule has 1 aromatic carbocycles. The lowest BCUT2D eigenvalue weighted by Gasteiger charge is -2.33. The lowest BCUT2D eigenvalue weighted by molar-refractivity contribution is 0.240. The smallest absolute Gasteiger partial charge is 0.123 e. The number of hydrogen-bond donors (Lipinski definition) is 1. The molecule has 0 aliphatic heterocycles. The van der Waals surface area contributed by atoms with Crippen LogP contribution >= 0.6 is 0 Å². The van der Waals surface area contributed by atoms with Gasteiger partial charge in [-0.3, -0.25) is 0 Å². The minimum atomic E-state index is -0.161. The minimum Gasteiger partial charge on any atom is -0.310 e. The van der Waals surface area contributed by atoms with Crippen LogP contribution < -0.4 is 5.32 Å². The molecule has 2 heteroatoms. The lowest BCUT2D eigenvalue weighted by Crippen LogP contribution is -2.39. The van der Waals surface area contributed by atoms with E-state index in [1.165, 1.54) is 25.0 Å². The van der Waals surface area contributed by atoms with Gasteiger partial charge in [0.25, 0.3) is 0 Å². The number of hydrogen-bond acceptors (Lipinski definition) is 1. The van der Waals surface area contributed by atoms with Crippen LogP contribution in [0.15, 0.2) is 24.3 Å². The highest BCUT2D eigenvalue weighted by Crippen LogP contribution is 2.26. The first kappa shape index (κ1) is 9.66. The summed E-state index contributed by atoms with van der Waals surface area (Å²) in [6, 6.07) is 7.38. The Hall–Kier alpha value is -0.890. The molecule has 76 valence electrons. The van der Waals surface area contributed by atoms with Gasteiger partial charge in [-0.05, 0) is 36.5 Å². The van der Waals surface area contributed by atoms with Crippen molar-refractivity contribution in [2.75, 3.05) is 0 Å². The van der Waals surface area contributed by atoms with Gasteiger partial charge in [-0.25, -0.2) is 4.39 Å². The van der Waals surface area contributed by atoms with E-state index in [2.05, 4.69) is 12.2 Å².